The minimum absolute atomic E-state index is 0.0853. The number of nitrogens with zero attached hydrogens (tertiary/aromatic N) is 1. The van der Waals surface area contributed by atoms with E-state index in [2.05, 4.69) is 6.07 Å². The molecule has 0 saturated heterocycles. The largest absolute Gasteiger partial charge is 0.491 e. The average molecular weight is 499 g/mol. The van der Waals surface area contributed by atoms with Crippen molar-refractivity contribution >= 4 is 29.2 Å². The maximum absolute atomic E-state index is 13.4. The molecule has 2 N–H and O–H groups in total. The molecule has 1 aliphatic rings. The Kier molecular flexibility index (Phi) is 6.64. The Bertz CT molecular complexity index is 1330. The number of carbonyl (C=O) groups excluding carboxylic acids is 1. The number of rotatable bonds is 5. The quantitative estimate of drug-likeness (QED) is 0.344. The minimum atomic E-state index is -0.695. The number of fused-ring (bicyclic) bond motifs is 1. The van der Waals surface area contributed by atoms with Gasteiger partial charge in [0.25, 0.3) is 0 Å². The van der Waals surface area contributed by atoms with Crippen LogP contribution in [0.5, 0.6) is 17.2 Å². The smallest absolute Gasteiger partial charge is 0.343 e. The summed E-state index contributed by atoms with van der Waals surface area (Å²) in [5.74, 6) is -0.982. The number of esters is 1. The molecule has 0 fully saturated rings. The predicted octanol–water partition coefficient (Wildman–Crippen LogP) is 5.97. The highest BCUT2D eigenvalue weighted by Gasteiger charge is 2.31. The van der Waals surface area contributed by atoms with E-state index in [0.717, 1.165) is 0 Å². The van der Waals surface area contributed by atoms with Crippen molar-refractivity contribution < 1.29 is 23.4 Å². The molecule has 9 heteroatoms. The molecule has 172 valence electrons. The third kappa shape index (κ3) is 4.51. The van der Waals surface area contributed by atoms with Crippen molar-refractivity contribution in [2.45, 2.75) is 12.8 Å². The number of nitriles is 1. The van der Waals surface area contributed by atoms with E-state index in [1.54, 1.807) is 31.2 Å². The van der Waals surface area contributed by atoms with Crippen molar-refractivity contribution in [3.63, 3.8) is 0 Å². The van der Waals surface area contributed by atoms with E-state index in [-0.39, 0.29) is 38.6 Å². The van der Waals surface area contributed by atoms with Gasteiger partial charge in [-0.2, -0.15) is 5.26 Å². The highest BCUT2D eigenvalue weighted by molar-refractivity contribution is 6.37. The molecule has 0 amide bonds. The molecule has 1 atom stereocenters. The summed E-state index contributed by atoms with van der Waals surface area (Å²) in [7, 11) is 0. The van der Waals surface area contributed by atoms with Crippen molar-refractivity contribution in [1.29, 1.82) is 5.26 Å². The van der Waals surface area contributed by atoms with Crippen molar-refractivity contribution in [1.82, 2.24) is 0 Å². The van der Waals surface area contributed by atoms with Crippen LogP contribution < -0.4 is 19.9 Å². The number of hydrogen-bond donors (Lipinski definition) is 1. The fourth-order valence-electron chi connectivity index (χ4n) is 3.62. The molecule has 6 nitrogen and oxygen atoms in total. The minimum Gasteiger partial charge on any atom is -0.491 e. The van der Waals surface area contributed by atoms with Gasteiger partial charge in [-0.25, -0.2) is 9.18 Å². The monoisotopic (exact) mass is 498 g/mol. The zero-order chi connectivity index (χ0) is 24.4. The number of benzene rings is 3. The van der Waals surface area contributed by atoms with Crippen LogP contribution in [0, 0.1) is 17.1 Å². The molecule has 4 rings (SSSR count). The van der Waals surface area contributed by atoms with Gasteiger partial charge in [0.15, 0.2) is 5.75 Å². The van der Waals surface area contributed by atoms with E-state index >= 15 is 0 Å². The zero-order valence-corrected chi connectivity index (χ0v) is 19.3. The van der Waals surface area contributed by atoms with Crippen LogP contribution in [-0.2, 0) is 0 Å². The molecule has 3 aromatic carbocycles. The Morgan fingerprint density at radius 1 is 1.15 bits per heavy atom. The van der Waals surface area contributed by atoms with E-state index in [1.165, 1.54) is 30.3 Å². The molecule has 0 saturated carbocycles. The van der Waals surface area contributed by atoms with Crippen molar-refractivity contribution in [2.75, 3.05) is 6.61 Å². The number of nitrogens with two attached hydrogens (primary N) is 1. The summed E-state index contributed by atoms with van der Waals surface area (Å²) >= 11 is 12.4. The second kappa shape index (κ2) is 9.64. The van der Waals surface area contributed by atoms with Gasteiger partial charge in [0.2, 0.25) is 5.88 Å². The molecule has 34 heavy (non-hydrogen) atoms. The number of ether oxygens (including phenoxy) is 3. The van der Waals surface area contributed by atoms with Crippen LogP contribution in [0.15, 0.2) is 66.1 Å². The SMILES string of the molecule is CCOc1c(Cl)cc(C(=O)Oc2ccc3c(c2)OC(N)=C(C#N)C3c2ccc(F)cc2)cc1Cl. The first-order valence-corrected chi connectivity index (χ1v) is 10.9. The lowest BCUT2D eigenvalue weighted by Crippen LogP contribution is -2.21. The summed E-state index contributed by atoms with van der Waals surface area (Å²) in [4.78, 5) is 12.7. The number of halogens is 3. The standard InChI is InChI=1S/C25H17Cl2FN2O4/c1-2-32-23-19(26)9-14(10-20(23)27)25(31)33-16-7-8-17-21(11-16)34-24(30)18(12-29)22(17)13-3-5-15(28)6-4-13/h3-11,22H,2,30H2,1H3. The van der Waals surface area contributed by atoms with Gasteiger partial charge in [0.1, 0.15) is 29.0 Å². The molecule has 0 spiro atoms. The topological polar surface area (TPSA) is 94.6 Å². The Labute approximate surface area is 204 Å². The molecule has 0 bridgehead atoms. The van der Waals surface area contributed by atoms with Crippen molar-refractivity contribution in [3.8, 4) is 23.3 Å². The fraction of sp³-hybridized carbons (Fsp3) is 0.120. The summed E-state index contributed by atoms with van der Waals surface area (Å²) in [6.45, 7) is 2.15. The van der Waals surface area contributed by atoms with E-state index in [1.807, 2.05) is 0 Å². The number of allylic oxidation sites excluding steroid dienone is 1. The second-order valence-corrected chi connectivity index (χ2v) is 8.08. The molecule has 0 radical (unpaired) electrons. The van der Waals surface area contributed by atoms with Crippen LogP contribution in [-0.4, -0.2) is 12.6 Å². The summed E-state index contributed by atoms with van der Waals surface area (Å²) in [5.41, 5.74) is 7.59. The predicted molar refractivity (Wildman–Crippen MR) is 125 cm³/mol. The Balaban J connectivity index is 1.65. The van der Waals surface area contributed by atoms with Crippen LogP contribution in [0.2, 0.25) is 10.0 Å². The van der Waals surface area contributed by atoms with Gasteiger partial charge in [-0.1, -0.05) is 41.4 Å². The average Bonchev–Trinajstić information content (AvgIpc) is 2.81. The third-order valence-electron chi connectivity index (χ3n) is 5.13. The van der Waals surface area contributed by atoms with Crippen LogP contribution in [0.1, 0.15) is 34.3 Å². The molecule has 1 aliphatic heterocycles. The van der Waals surface area contributed by atoms with E-state index in [0.29, 0.717) is 23.5 Å². The van der Waals surface area contributed by atoms with Crippen LogP contribution in [0.4, 0.5) is 4.39 Å². The van der Waals surface area contributed by atoms with E-state index < -0.39 is 17.7 Å². The Morgan fingerprint density at radius 2 is 1.82 bits per heavy atom. The van der Waals surface area contributed by atoms with Gasteiger partial charge in [-0.05, 0) is 42.8 Å². The Hall–Kier alpha value is -3.73. The lowest BCUT2D eigenvalue weighted by atomic mass is 9.83. The van der Waals surface area contributed by atoms with Gasteiger partial charge >= 0.3 is 5.97 Å². The normalized spacial score (nSPS) is 14.6. The summed E-state index contributed by atoms with van der Waals surface area (Å²) in [5, 5.41) is 9.99. The third-order valence-corrected chi connectivity index (χ3v) is 5.69. The summed E-state index contributed by atoms with van der Waals surface area (Å²) in [6, 6.07) is 15.3. The van der Waals surface area contributed by atoms with Gasteiger partial charge in [-0.15, -0.1) is 0 Å². The lowest BCUT2D eigenvalue weighted by Gasteiger charge is -2.26. The second-order valence-electron chi connectivity index (χ2n) is 7.27. The van der Waals surface area contributed by atoms with E-state index in [9.17, 15) is 14.4 Å². The Morgan fingerprint density at radius 3 is 2.44 bits per heavy atom. The van der Waals surface area contributed by atoms with Crippen LogP contribution >= 0.6 is 23.2 Å². The fourth-order valence-corrected chi connectivity index (χ4v) is 4.22. The maximum Gasteiger partial charge on any atom is 0.343 e. The molecule has 1 heterocycles. The summed E-state index contributed by atoms with van der Waals surface area (Å²) < 4.78 is 29.9. The maximum atomic E-state index is 13.4. The van der Waals surface area contributed by atoms with Gasteiger partial charge in [-0.3, -0.25) is 0 Å². The first-order chi connectivity index (χ1) is 16.3. The van der Waals surface area contributed by atoms with Crippen molar-refractivity contribution in [3.05, 3.63) is 98.6 Å². The van der Waals surface area contributed by atoms with Crippen molar-refractivity contribution in [2.24, 2.45) is 5.73 Å². The van der Waals surface area contributed by atoms with Gasteiger partial charge < -0.3 is 19.9 Å². The summed E-state index contributed by atoms with van der Waals surface area (Å²) in [6.07, 6.45) is 0. The first-order valence-electron chi connectivity index (χ1n) is 10.1. The lowest BCUT2D eigenvalue weighted by molar-refractivity contribution is 0.0734. The first kappa shape index (κ1) is 23.4. The number of carbonyl (C=O) groups is 1. The molecular weight excluding hydrogens is 482 g/mol. The molecule has 0 aromatic heterocycles. The number of hydrogen-bond acceptors (Lipinski definition) is 6. The van der Waals surface area contributed by atoms with Gasteiger partial charge in [0.05, 0.1) is 28.1 Å². The molecular formula is C25H17Cl2FN2O4. The highest BCUT2D eigenvalue weighted by Crippen LogP contribution is 2.43. The van der Waals surface area contributed by atoms with E-state index in [4.69, 9.17) is 43.1 Å². The molecule has 0 aliphatic carbocycles. The molecule has 1 unspecified atom stereocenters. The van der Waals surface area contributed by atoms with Gasteiger partial charge in [0, 0.05) is 11.6 Å². The van der Waals surface area contributed by atoms with Crippen LogP contribution in [0.25, 0.3) is 0 Å². The highest BCUT2D eigenvalue weighted by atomic mass is 35.5. The molecule has 3 aromatic rings. The van der Waals surface area contributed by atoms with Crippen LogP contribution in [0.3, 0.4) is 0 Å². The zero-order valence-electron chi connectivity index (χ0n) is 17.8.